The van der Waals surface area contributed by atoms with E-state index in [1.807, 2.05) is 0 Å². The second-order valence-corrected chi connectivity index (χ2v) is 3.69. The highest BCUT2D eigenvalue weighted by molar-refractivity contribution is 5.07. The first kappa shape index (κ1) is 7.53. The molecule has 2 fully saturated rings. The van der Waals surface area contributed by atoms with Gasteiger partial charge in [0.15, 0.2) is 0 Å². The minimum Gasteiger partial charge on any atom is -0.385 e. The summed E-state index contributed by atoms with van der Waals surface area (Å²) in [6.07, 6.45) is 2.43. The first-order valence-corrected chi connectivity index (χ1v) is 4.32. The third-order valence-corrected chi connectivity index (χ3v) is 2.87. The molecule has 2 N–H and O–H groups in total. The van der Waals surface area contributed by atoms with E-state index in [9.17, 15) is 0 Å². The highest BCUT2D eigenvalue weighted by Crippen LogP contribution is 2.28. The van der Waals surface area contributed by atoms with E-state index in [0.717, 1.165) is 32.2 Å². The summed E-state index contributed by atoms with van der Waals surface area (Å²) in [6, 6.07) is 0.729. The molecule has 0 radical (unpaired) electrons. The maximum atomic E-state index is 5.08. The zero-order valence-electron chi connectivity index (χ0n) is 7.02. The lowest BCUT2D eigenvalue weighted by molar-refractivity contribution is 0.164. The van der Waals surface area contributed by atoms with Gasteiger partial charge in [-0.05, 0) is 12.8 Å². The Balaban J connectivity index is 1.89. The Kier molecular flexibility index (Phi) is 1.87. The minimum absolute atomic E-state index is 0.376. The van der Waals surface area contributed by atoms with E-state index in [2.05, 4.69) is 10.6 Å². The van der Waals surface area contributed by atoms with Gasteiger partial charge in [0, 0.05) is 38.4 Å². The summed E-state index contributed by atoms with van der Waals surface area (Å²) in [5.74, 6) is 0. The van der Waals surface area contributed by atoms with E-state index in [-0.39, 0.29) is 0 Å². The SMILES string of the molecule is COCCC12CNC(CN1)C2. The molecule has 11 heavy (non-hydrogen) atoms. The van der Waals surface area contributed by atoms with Crippen LogP contribution in [0.2, 0.25) is 0 Å². The van der Waals surface area contributed by atoms with E-state index in [1.54, 1.807) is 7.11 Å². The number of fused-ring (bicyclic) bond motifs is 2. The van der Waals surface area contributed by atoms with Crippen LogP contribution in [0.25, 0.3) is 0 Å². The van der Waals surface area contributed by atoms with Gasteiger partial charge in [0.25, 0.3) is 0 Å². The van der Waals surface area contributed by atoms with Gasteiger partial charge in [-0.2, -0.15) is 0 Å². The number of ether oxygens (including phenoxy) is 1. The van der Waals surface area contributed by atoms with E-state index in [4.69, 9.17) is 4.74 Å². The van der Waals surface area contributed by atoms with Crippen molar-refractivity contribution in [2.24, 2.45) is 0 Å². The Labute approximate surface area is 67.5 Å². The number of piperazine rings is 1. The molecular weight excluding hydrogens is 140 g/mol. The van der Waals surface area contributed by atoms with Crippen LogP contribution in [-0.4, -0.2) is 38.4 Å². The molecule has 3 heteroatoms. The monoisotopic (exact) mass is 156 g/mol. The lowest BCUT2D eigenvalue weighted by Crippen LogP contribution is -2.50. The van der Waals surface area contributed by atoms with E-state index >= 15 is 0 Å². The van der Waals surface area contributed by atoms with Crippen LogP contribution >= 0.6 is 0 Å². The Bertz CT molecular complexity index is 141. The summed E-state index contributed by atoms with van der Waals surface area (Å²) in [6.45, 7) is 3.14. The highest BCUT2D eigenvalue weighted by Gasteiger charge is 2.43. The summed E-state index contributed by atoms with van der Waals surface area (Å²) < 4.78 is 5.08. The molecule has 0 saturated carbocycles. The molecule has 2 heterocycles. The topological polar surface area (TPSA) is 33.3 Å². The predicted molar refractivity (Wildman–Crippen MR) is 43.6 cm³/mol. The van der Waals surface area contributed by atoms with Crippen molar-refractivity contribution in [3.05, 3.63) is 0 Å². The van der Waals surface area contributed by atoms with Crippen molar-refractivity contribution < 1.29 is 4.74 Å². The largest absolute Gasteiger partial charge is 0.385 e. The van der Waals surface area contributed by atoms with Crippen LogP contribution in [0.5, 0.6) is 0 Å². The average molecular weight is 156 g/mol. The van der Waals surface area contributed by atoms with Crippen LogP contribution in [0.1, 0.15) is 12.8 Å². The molecule has 2 aliphatic heterocycles. The van der Waals surface area contributed by atoms with Crippen molar-refractivity contribution in [2.45, 2.75) is 24.4 Å². The molecule has 0 aromatic heterocycles. The van der Waals surface area contributed by atoms with Crippen LogP contribution in [0, 0.1) is 0 Å². The Hall–Kier alpha value is -0.120. The molecular formula is C8H16N2O. The molecule has 2 rings (SSSR count). The first-order chi connectivity index (χ1) is 5.35. The van der Waals surface area contributed by atoms with Gasteiger partial charge >= 0.3 is 0 Å². The molecule has 0 amide bonds. The number of methoxy groups -OCH3 is 1. The molecule has 0 aliphatic carbocycles. The lowest BCUT2D eigenvalue weighted by atomic mass is 9.96. The molecule has 0 aromatic carbocycles. The van der Waals surface area contributed by atoms with Crippen molar-refractivity contribution >= 4 is 0 Å². The molecule has 2 aliphatic rings. The van der Waals surface area contributed by atoms with Gasteiger partial charge in [0.1, 0.15) is 0 Å². The first-order valence-electron chi connectivity index (χ1n) is 4.32. The molecule has 64 valence electrons. The van der Waals surface area contributed by atoms with Gasteiger partial charge in [0.05, 0.1) is 0 Å². The van der Waals surface area contributed by atoms with Crippen LogP contribution in [0.15, 0.2) is 0 Å². The fraction of sp³-hybridized carbons (Fsp3) is 1.00. The third kappa shape index (κ3) is 1.28. The molecule has 3 nitrogen and oxygen atoms in total. The van der Waals surface area contributed by atoms with Gasteiger partial charge in [-0.25, -0.2) is 0 Å². The van der Waals surface area contributed by atoms with Gasteiger partial charge < -0.3 is 15.4 Å². The van der Waals surface area contributed by atoms with E-state index in [1.165, 1.54) is 6.42 Å². The number of nitrogens with one attached hydrogen (secondary N) is 2. The summed E-state index contributed by atoms with van der Waals surface area (Å²) >= 11 is 0. The molecule has 0 aromatic rings. The van der Waals surface area contributed by atoms with Crippen molar-refractivity contribution in [1.82, 2.24) is 10.6 Å². The van der Waals surface area contributed by atoms with Crippen LogP contribution in [0.4, 0.5) is 0 Å². The quantitative estimate of drug-likeness (QED) is 0.590. The van der Waals surface area contributed by atoms with Crippen LogP contribution in [0.3, 0.4) is 0 Å². The third-order valence-electron chi connectivity index (χ3n) is 2.87. The second-order valence-electron chi connectivity index (χ2n) is 3.69. The molecule has 2 unspecified atom stereocenters. The van der Waals surface area contributed by atoms with Crippen LogP contribution in [-0.2, 0) is 4.74 Å². The summed E-state index contributed by atoms with van der Waals surface area (Å²) in [5, 5.41) is 7.05. The normalized spacial score (nSPS) is 41.7. The van der Waals surface area contributed by atoms with Crippen molar-refractivity contribution in [3.63, 3.8) is 0 Å². The average Bonchev–Trinajstić information content (AvgIpc) is 2.60. The maximum Gasteiger partial charge on any atom is 0.0480 e. The fourth-order valence-corrected chi connectivity index (χ4v) is 2.15. The fourth-order valence-electron chi connectivity index (χ4n) is 2.15. The van der Waals surface area contributed by atoms with Gasteiger partial charge in [-0.3, -0.25) is 0 Å². The molecule has 2 atom stereocenters. The van der Waals surface area contributed by atoms with Crippen molar-refractivity contribution in [2.75, 3.05) is 26.8 Å². The van der Waals surface area contributed by atoms with Crippen LogP contribution < -0.4 is 10.6 Å². The zero-order chi connectivity index (χ0) is 7.73. The highest BCUT2D eigenvalue weighted by atomic mass is 16.5. The second kappa shape index (κ2) is 2.73. The summed E-state index contributed by atoms with van der Waals surface area (Å²) in [4.78, 5) is 0. The number of hydrogen-bond donors (Lipinski definition) is 2. The Morgan fingerprint density at radius 1 is 1.64 bits per heavy atom. The molecule has 2 saturated heterocycles. The number of hydrogen-bond acceptors (Lipinski definition) is 3. The zero-order valence-corrected chi connectivity index (χ0v) is 7.02. The lowest BCUT2D eigenvalue weighted by Gasteiger charge is -2.27. The smallest absolute Gasteiger partial charge is 0.0480 e. The van der Waals surface area contributed by atoms with E-state index in [0.29, 0.717) is 5.54 Å². The summed E-state index contributed by atoms with van der Waals surface area (Å²) in [7, 11) is 1.77. The number of rotatable bonds is 3. The molecule has 0 spiro atoms. The molecule has 2 bridgehead atoms. The Morgan fingerprint density at radius 3 is 3.00 bits per heavy atom. The van der Waals surface area contributed by atoms with Gasteiger partial charge in [-0.15, -0.1) is 0 Å². The Morgan fingerprint density at radius 2 is 2.55 bits per heavy atom. The van der Waals surface area contributed by atoms with Crippen molar-refractivity contribution in [3.8, 4) is 0 Å². The van der Waals surface area contributed by atoms with Gasteiger partial charge in [0.2, 0.25) is 0 Å². The van der Waals surface area contributed by atoms with E-state index < -0.39 is 0 Å². The maximum absolute atomic E-state index is 5.08. The van der Waals surface area contributed by atoms with Gasteiger partial charge in [-0.1, -0.05) is 0 Å². The minimum atomic E-state index is 0.376. The standard InChI is InChI=1S/C8H16N2O/c1-11-3-2-8-4-7(5-10-8)9-6-8/h7,9-10H,2-6H2,1H3. The summed E-state index contributed by atoms with van der Waals surface area (Å²) in [5.41, 5.74) is 0.376. The van der Waals surface area contributed by atoms with Crippen molar-refractivity contribution in [1.29, 1.82) is 0 Å². The predicted octanol–water partition coefficient (Wildman–Crippen LogP) is -0.273.